The number of hydrogen-bond acceptors (Lipinski definition) is 11. The number of nitrogens with one attached hydrogen (secondary N) is 5. The third kappa shape index (κ3) is 10.5. The lowest BCUT2D eigenvalue weighted by Crippen LogP contribution is -2.22. The number of aromatic carboxylic acids is 2. The summed E-state index contributed by atoms with van der Waals surface area (Å²) in [5.74, 6) is -2.75. The zero-order valence-electron chi connectivity index (χ0n) is 40.2. The quantitative estimate of drug-likeness (QED) is 0.0406. The smallest absolute Gasteiger partial charge is 0.335 e. The van der Waals surface area contributed by atoms with Crippen molar-refractivity contribution in [2.75, 3.05) is 26.6 Å². The van der Waals surface area contributed by atoms with E-state index < -0.39 is 60.3 Å². The minimum atomic E-state index is -4.99. The van der Waals surface area contributed by atoms with Gasteiger partial charge in [0.25, 0.3) is 20.2 Å². The Balaban J connectivity index is 1.26. The van der Waals surface area contributed by atoms with E-state index in [4.69, 9.17) is 9.41 Å². The van der Waals surface area contributed by atoms with Crippen LogP contribution in [0, 0.1) is 41.5 Å². The van der Waals surface area contributed by atoms with Gasteiger partial charge in [0, 0.05) is 57.0 Å². The molecule has 378 valence electrons. The Morgan fingerprint density at radius 2 is 1.14 bits per heavy atom. The molecule has 8 rings (SSSR count). The maximum Gasteiger partial charge on any atom is 0.335 e. The first kappa shape index (κ1) is 51.5. The van der Waals surface area contributed by atoms with Crippen LogP contribution in [0.1, 0.15) is 54.1 Å². The minimum Gasteiger partial charge on any atom is -0.478 e. The fourth-order valence-electron chi connectivity index (χ4n) is 9.00. The lowest BCUT2D eigenvalue weighted by atomic mass is 9.93. The lowest BCUT2D eigenvalue weighted by molar-refractivity contribution is 0.0696. The molecular weight excluding hydrogens is 993 g/mol. The van der Waals surface area contributed by atoms with E-state index in [1.54, 1.807) is 60.7 Å². The van der Waals surface area contributed by atoms with Crippen molar-refractivity contribution < 1.29 is 59.7 Å². The average molecular weight is 1040 g/mol. The molecule has 4 amide bonds. The highest BCUT2D eigenvalue weighted by Crippen LogP contribution is 2.44. The summed E-state index contributed by atoms with van der Waals surface area (Å²) in [4.78, 5) is 53.9. The highest BCUT2D eigenvalue weighted by Gasteiger charge is 2.28. The number of carboxylic acids is 2. The van der Waals surface area contributed by atoms with Crippen LogP contribution < -0.4 is 31.9 Å². The Morgan fingerprint density at radius 1 is 0.527 bits per heavy atom. The van der Waals surface area contributed by atoms with Crippen LogP contribution in [0.25, 0.3) is 33.4 Å². The van der Waals surface area contributed by atoms with Gasteiger partial charge in [0.2, 0.25) is 0 Å². The normalized spacial score (nSPS) is 11.9. The maximum atomic E-state index is 13.5. The summed E-state index contributed by atoms with van der Waals surface area (Å²) >= 11 is 0. The van der Waals surface area contributed by atoms with E-state index in [0.717, 1.165) is 34.9 Å². The molecule has 0 radical (unpaired) electrons. The zero-order chi connectivity index (χ0) is 53.6. The summed E-state index contributed by atoms with van der Waals surface area (Å²) < 4.78 is 79.2. The molecule has 0 atom stereocenters. The Kier molecular flexibility index (Phi) is 13.9. The monoisotopic (exact) mass is 1040 g/mol. The van der Waals surface area contributed by atoms with Gasteiger partial charge in [-0.25, -0.2) is 24.2 Å². The number of carbonyl (C=O) groups excluding carboxylic acids is 2. The molecule has 1 aliphatic heterocycles. The molecule has 6 aromatic carbocycles. The molecule has 0 saturated carbocycles. The topological polar surface area (TPSA) is 303 Å². The van der Waals surface area contributed by atoms with Gasteiger partial charge in [-0.3, -0.25) is 9.11 Å². The van der Waals surface area contributed by atoms with Crippen molar-refractivity contribution >= 4 is 95.0 Å². The number of carboxylic acid groups (broad SMARTS) is 2. The van der Waals surface area contributed by atoms with Gasteiger partial charge in [-0.15, -0.1) is 0 Å². The molecule has 0 unspecified atom stereocenters. The van der Waals surface area contributed by atoms with Gasteiger partial charge in [0.05, 0.1) is 33.5 Å². The van der Waals surface area contributed by atoms with E-state index in [1.165, 1.54) is 45.0 Å². The third-order valence-electron chi connectivity index (χ3n) is 12.2. The number of rotatable bonds is 12. The fourth-order valence-corrected chi connectivity index (χ4v) is 10.7. The molecule has 74 heavy (non-hydrogen) atoms. The number of benzene rings is 7. The number of hydrogen-bond donors (Lipinski definition) is 9. The van der Waals surface area contributed by atoms with Crippen molar-refractivity contribution in [1.82, 2.24) is 0 Å². The number of anilines is 6. The third-order valence-corrected chi connectivity index (χ3v) is 14.3. The second-order valence-electron chi connectivity index (χ2n) is 17.3. The van der Waals surface area contributed by atoms with Crippen molar-refractivity contribution in [3.05, 3.63) is 165 Å². The van der Waals surface area contributed by atoms with Gasteiger partial charge in [-0.2, -0.15) is 16.8 Å². The van der Waals surface area contributed by atoms with Crippen molar-refractivity contribution in [2.24, 2.45) is 4.99 Å². The van der Waals surface area contributed by atoms with Crippen LogP contribution >= 0.6 is 0 Å². The fraction of sp³-hybridized carbons (Fsp3) is 0.113. The number of amides is 4. The predicted molar refractivity (Wildman–Crippen MR) is 280 cm³/mol. The van der Waals surface area contributed by atoms with Crippen molar-refractivity contribution in [2.45, 2.75) is 51.3 Å². The van der Waals surface area contributed by atoms with Gasteiger partial charge in [0.15, 0.2) is 0 Å². The first-order chi connectivity index (χ1) is 34.9. The van der Waals surface area contributed by atoms with Crippen LogP contribution in [0.3, 0.4) is 0 Å². The molecular formula is C53H46N6O13S2. The summed E-state index contributed by atoms with van der Waals surface area (Å²) in [5.41, 5.74) is 4.93. The molecule has 0 bridgehead atoms. The molecule has 2 aliphatic rings. The summed E-state index contributed by atoms with van der Waals surface area (Å²) in [5, 5.41) is 33.9. The van der Waals surface area contributed by atoms with Gasteiger partial charge in [0.1, 0.15) is 21.1 Å². The molecule has 9 N–H and O–H groups in total. The van der Waals surface area contributed by atoms with Crippen LogP contribution in [-0.4, -0.2) is 60.2 Å². The molecule has 0 saturated heterocycles. The van der Waals surface area contributed by atoms with Crippen LogP contribution in [0.2, 0.25) is 0 Å². The van der Waals surface area contributed by atoms with Crippen LogP contribution in [0.15, 0.2) is 134 Å². The van der Waals surface area contributed by atoms with Crippen molar-refractivity contribution in [3.8, 4) is 22.5 Å². The Bertz CT molecular complexity index is 3920. The molecule has 0 fully saturated rings. The SMILES string of the molecule is Cc1cc(C)c(Nc2ccc3c(-c4ccccc4S(=O)(=O)O)c4ccc(=Nc5c(C)c(NC(=O)Nc6cc(C(=O)O)cc(C(=O)O)c6)c(C)c(S(=O)(=O)O)c5C)cc-4oc3c2)c(C)c1NC(=O)Nc1ccccc1. The highest BCUT2D eigenvalue weighted by molar-refractivity contribution is 7.86. The van der Waals surface area contributed by atoms with Crippen LogP contribution in [0.4, 0.5) is 49.4 Å². The molecule has 19 nitrogen and oxygen atoms in total. The first-order valence-corrected chi connectivity index (χ1v) is 25.2. The summed E-state index contributed by atoms with van der Waals surface area (Å²) in [7, 11) is -9.76. The molecule has 1 heterocycles. The predicted octanol–water partition coefficient (Wildman–Crippen LogP) is 11.2. The number of fused-ring (bicyclic) bond motifs is 2. The van der Waals surface area contributed by atoms with E-state index in [9.17, 15) is 55.3 Å². The zero-order valence-corrected chi connectivity index (χ0v) is 41.8. The lowest BCUT2D eigenvalue weighted by Gasteiger charge is -2.21. The van der Waals surface area contributed by atoms with Crippen LogP contribution in [-0.2, 0) is 20.2 Å². The van der Waals surface area contributed by atoms with E-state index >= 15 is 0 Å². The number of para-hydroxylation sites is 1. The minimum absolute atomic E-state index is 0.000349. The Morgan fingerprint density at radius 3 is 1.77 bits per heavy atom. The van der Waals surface area contributed by atoms with Crippen molar-refractivity contribution in [1.29, 1.82) is 0 Å². The number of nitrogens with zero attached hydrogens (tertiary/aromatic N) is 1. The molecule has 0 aromatic heterocycles. The Hall–Kier alpha value is -8.89. The van der Waals surface area contributed by atoms with Crippen molar-refractivity contribution in [3.63, 3.8) is 0 Å². The number of aryl methyl sites for hydroxylation is 2. The second-order valence-corrected chi connectivity index (χ2v) is 20.0. The van der Waals surface area contributed by atoms with Gasteiger partial charge in [-0.05, 0) is 136 Å². The molecule has 0 spiro atoms. The standard InChI is InChI=1S/C53H46N6O13S2/c1-26-20-27(2)46(58-52(64)56-34-12-8-7-9-13-34)28(3)45(26)54-35-16-18-38-41(24-35)72-42-25-36(17-19-39(42)44(38)40-14-10-11-15-43(40)73(66,67)68)55-47-29(4)48(31(6)49(30(47)5)74(69,70)71)59-53(65)57-37-22-32(50(60)61)21-33(23-37)51(62)63/h7-25,54H,1-6H3,(H,60,61)(H,62,63)(H2,56,58,64)(H2,57,59,65)(H,66,67,68)(H,69,70,71). The van der Waals surface area contributed by atoms with Gasteiger partial charge >= 0.3 is 24.0 Å². The molecule has 1 aliphatic carbocycles. The molecule has 21 heteroatoms. The molecule has 6 aromatic rings. The second kappa shape index (κ2) is 20.0. The number of carbonyl (C=O) groups is 4. The first-order valence-electron chi connectivity index (χ1n) is 22.3. The van der Waals surface area contributed by atoms with E-state index in [2.05, 4.69) is 26.6 Å². The average Bonchev–Trinajstić information content (AvgIpc) is 3.33. The van der Waals surface area contributed by atoms with Gasteiger partial charge < -0.3 is 41.2 Å². The Labute approximate surface area is 423 Å². The van der Waals surface area contributed by atoms with E-state index in [-0.39, 0.29) is 60.9 Å². The van der Waals surface area contributed by atoms with E-state index in [1.807, 2.05) is 32.9 Å². The van der Waals surface area contributed by atoms with E-state index in [0.29, 0.717) is 39.3 Å². The van der Waals surface area contributed by atoms with Gasteiger partial charge in [-0.1, -0.05) is 42.5 Å². The summed E-state index contributed by atoms with van der Waals surface area (Å²) in [6, 6.07) is 28.2. The van der Waals surface area contributed by atoms with Crippen LogP contribution in [0.5, 0.6) is 0 Å². The number of urea groups is 2. The highest BCUT2D eigenvalue weighted by atomic mass is 32.2. The maximum absolute atomic E-state index is 13.5. The largest absolute Gasteiger partial charge is 0.478 e. The summed E-state index contributed by atoms with van der Waals surface area (Å²) in [6.07, 6.45) is 0. The summed E-state index contributed by atoms with van der Waals surface area (Å²) in [6.45, 7) is 9.94.